The summed E-state index contributed by atoms with van der Waals surface area (Å²) in [5, 5.41) is 4.08. The Kier molecular flexibility index (Phi) is 5.04. The molecule has 0 amide bonds. The van der Waals surface area contributed by atoms with Crippen LogP contribution < -0.4 is 10.1 Å². The molecule has 2 rings (SSSR count). The molecule has 0 saturated carbocycles. The van der Waals surface area contributed by atoms with Crippen molar-refractivity contribution in [2.45, 2.75) is 33.0 Å². The third kappa shape index (κ3) is 3.74. The van der Waals surface area contributed by atoms with Gasteiger partial charge in [-0.2, -0.15) is 0 Å². The Morgan fingerprint density at radius 3 is 2.90 bits per heavy atom. The Hall–Kier alpha value is -1.52. The number of rotatable bonds is 6. The lowest BCUT2D eigenvalue weighted by Gasteiger charge is -2.13. The molecule has 0 aliphatic heterocycles. The van der Waals surface area contributed by atoms with E-state index in [1.54, 1.807) is 7.11 Å². The molecule has 0 bridgehead atoms. The van der Waals surface area contributed by atoms with Crippen LogP contribution in [0.4, 0.5) is 0 Å². The molecule has 0 fully saturated rings. The quantitative estimate of drug-likeness (QED) is 0.889. The Morgan fingerprint density at radius 2 is 2.20 bits per heavy atom. The van der Waals surface area contributed by atoms with Crippen molar-refractivity contribution in [3.05, 3.63) is 47.0 Å². The summed E-state index contributed by atoms with van der Waals surface area (Å²) in [5.74, 6) is 1.84. The zero-order valence-corrected chi connectivity index (χ0v) is 12.8. The van der Waals surface area contributed by atoms with Crippen LogP contribution in [-0.4, -0.2) is 22.7 Å². The number of ether oxygens (including phenoxy) is 1. The molecule has 108 valence electrons. The van der Waals surface area contributed by atoms with Gasteiger partial charge in [-0.05, 0) is 18.2 Å². The van der Waals surface area contributed by atoms with Gasteiger partial charge in [-0.15, -0.1) is 0 Å². The third-order valence-electron chi connectivity index (χ3n) is 3.05. The number of imidazole rings is 1. The maximum absolute atomic E-state index is 6.06. The first-order valence-corrected chi connectivity index (χ1v) is 7.03. The van der Waals surface area contributed by atoms with E-state index in [1.807, 2.05) is 30.6 Å². The van der Waals surface area contributed by atoms with E-state index < -0.39 is 0 Å². The molecular formula is C15H20ClN3O. The van der Waals surface area contributed by atoms with Crippen LogP contribution in [0.25, 0.3) is 0 Å². The number of hydrogen-bond donors (Lipinski definition) is 1. The fourth-order valence-corrected chi connectivity index (χ4v) is 2.20. The normalized spacial score (nSPS) is 11.1. The summed E-state index contributed by atoms with van der Waals surface area (Å²) in [6, 6.07) is 6.08. The van der Waals surface area contributed by atoms with Crippen LogP contribution in [0.2, 0.25) is 5.02 Å². The third-order valence-corrected chi connectivity index (χ3v) is 3.29. The van der Waals surface area contributed by atoms with Crippen LogP contribution >= 0.6 is 11.6 Å². The van der Waals surface area contributed by atoms with Gasteiger partial charge >= 0.3 is 0 Å². The first-order valence-electron chi connectivity index (χ1n) is 6.66. The highest BCUT2D eigenvalue weighted by Gasteiger charge is 2.08. The first-order chi connectivity index (χ1) is 9.60. The fraction of sp³-hybridized carbons (Fsp3) is 0.400. The first kappa shape index (κ1) is 14.9. The molecule has 5 heteroatoms. The lowest BCUT2D eigenvalue weighted by molar-refractivity contribution is 0.408. The van der Waals surface area contributed by atoms with Gasteiger partial charge in [-0.1, -0.05) is 25.4 Å². The number of nitrogens with zero attached hydrogens (tertiary/aromatic N) is 2. The summed E-state index contributed by atoms with van der Waals surface area (Å²) in [7, 11) is 1.67. The predicted molar refractivity (Wildman–Crippen MR) is 81.3 cm³/mol. The number of benzene rings is 1. The fourth-order valence-electron chi connectivity index (χ4n) is 2.00. The van der Waals surface area contributed by atoms with Gasteiger partial charge in [0.2, 0.25) is 0 Å². The van der Waals surface area contributed by atoms with Crippen molar-refractivity contribution >= 4 is 11.6 Å². The molecule has 0 aliphatic carbocycles. The summed E-state index contributed by atoms with van der Waals surface area (Å²) >= 11 is 6.06. The molecule has 0 unspecified atom stereocenters. The molecule has 0 saturated heterocycles. The Labute approximate surface area is 124 Å². The zero-order valence-electron chi connectivity index (χ0n) is 12.1. The van der Waals surface area contributed by atoms with E-state index in [1.165, 1.54) is 0 Å². The minimum absolute atomic E-state index is 0.431. The van der Waals surface area contributed by atoms with Crippen molar-refractivity contribution in [3.8, 4) is 5.75 Å². The second kappa shape index (κ2) is 6.77. The molecule has 1 aromatic carbocycles. The van der Waals surface area contributed by atoms with Gasteiger partial charge < -0.3 is 14.6 Å². The largest absolute Gasteiger partial charge is 0.496 e. The van der Waals surface area contributed by atoms with Gasteiger partial charge in [0, 0.05) is 29.0 Å². The van der Waals surface area contributed by atoms with Gasteiger partial charge in [-0.25, -0.2) is 4.98 Å². The van der Waals surface area contributed by atoms with E-state index in [4.69, 9.17) is 16.3 Å². The summed E-state index contributed by atoms with van der Waals surface area (Å²) in [6.45, 7) is 5.67. The van der Waals surface area contributed by atoms with E-state index in [2.05, 4.69) is 28.7 Å². The molecule has 20 heavy (non-hydrogen) atoms. The van der Waals surface area contributed by atoms with Crippen LogP contribution in [0.5, 0.6) is 5.75 Å². The Bertz CT molecular complexity index is 566. The smallest absolute Gasteiger partial charge is 0.123 e. The van der Waals surface area contributed by atoms with E-state index in [0.29, 0.717) is 17.6 Å². The molecule has 1 N–H and O–H groups in total. The minimum atomic E-state index is 0.431. The van der Waals surface area contributed by atoms with Gasteiger partial charge in [0.05, 0.1) is 20.2 Å². The van der Waals surface area contributed by atoms with E-state index in [0.717, 1.165) is 23.7 Å². The van der Waals surface area contributed by atoms with Crippen LogP contribution in [0.1, 0.15) is 25.2 Å². The van der Waals surface area contributed by atoms with Crippen LogP contribution in [0, 0.1) is 0 Å². The lowest BCUT2D eigenvalue weighted by atomic mass is 10.2. The SMILES string of the molecule is COc1ccc(Cl)cc1Cn1ccnc1CNC(C)C. The second-order valence-electron chi connectivity index (χ2n) is 4.96. The van der Waals surface area contributed by atoms with Crippen LogP contribution in [-0.2, 0) is 13.1 Å². The van der Waals surface area contributed by atoms with Gasteiger partial charge in [0.25, 0.3) is 0 Å². The molecule has 0 aliphatic rings. The molecule has 2 aromatic rings. The standard InChI is InChI=1S/C15H20ClN3O/c1-11(2)18-9-15-17-6-7-19(15)10-12-8-13(16)4-5-14(12)20-3/h4-8,11,18H,9-10H2,1-3H3. The van der Waals surface area contributed by atoms with Gasteiger partial charge in [0.1, 0.15) is 11.6 Å². The monoisotopic (exact) mass is 293 g/mol. The molecule has 1 aromatic heterocycles. The van der Waals surface area contributed by atoms with Crippen molar-refractivity contribution in [3.63, 3.8) is 0 Å². The maximum atomic E-state index is 6.06. The number of nitrogens with one attached hydrogen (secondary N) is 1. The highest BCUT2D eigenvalue weighted by Crippen LogP contribution is 2.23. The predicted octanol–water partition coefficient (Wildman–Crippen LogP) is 3.09. The molecular weight excluding hydrogens is 274 g/mol. The molecule has 4 nitrogen and oxygen atoms in total. The summed E-state index contributed by atoms with van der Waals surface area (Å²) in [5.41, 5.74) is 1.05. The summed E-state index contributed by atoms with van der Waals surface area (Å²) in [6.07, 6.45) is 3.78. The maximum Gasteiger partial charge on any atom is 0.123 e. The molecule has 1 heterocycles. The molecule has 0 atom stereocenters. The van der Waals surface area contributed by atoms with Crippen molar-refractivity contribution in [1.82, 2.24) is 14.9 Å². The van der Waals surface area contributed by atoms with Gasteiger partial charge in [-0.3, -0.25) is 0 Å². The summed E-state index contributed by atoms with van der Waals surface area (Å²) < 4.78 is 7.48. The van der Waals surface area contributed by atoms with Crippen molar-refractivity contribution in [2.24, 2.45) is 0 Å². The average molecular weight is 294 g/mol. The minimum Gasteiger partial charge on any atom is -0.496 e. The number of halogens is 1. The molecule has 0 radical (unpaired) electrons. The highest BCUT2D eigenvalue weighted by molar-refractivity contribution is 6.30. The van der Waals surface area contributed by atoms with Crippen molar-refractivity contribution in [2.75, 3.05) is 7.11 Å². The Balaban J connectivity index is 2.18. The highest BCUT2D eigenvalue weighted by atomic mass is 35.5. The van der Waals surface area contributed by atoms with E-state index in [9.17, 15) is 0 Å². The Morgan fingerprint density at radius 1 is 1.40 bits per heavy atom. The van der Waals surface area contributed by atoms with Crippen molar-refractivity contribution in [1.29, 1.82) is 0 Å². The average Bonchev–Trinajstić information content (AvgIpc) is 2.84. The number of methoxy groups -OCH3 is 1. The van der Waals surface area contributed by atoms with Crippen molar-refractivity contribution < 1.29 is 4.74 Å². The lowest BCUT2D eigenvalue weighted by Crippen LogP contribution is -2.24. The second-order valence-corrected chi connectivity index (χ2v) is 5.40. The molecule has 0 spiro atoms. The van der Waals surface area contributed by atoms with E-state index in [-0.39, 0.29) is 0 Å². The topological polar surface area (TPSA) is 39.1 Å². The zero-order chi connectivity index (χ0) is 14.5. The van der Waals surface area contributed by atoms with Gasteiger partial charge in [0.15, 0.2) is 0 Å². The van der Waals surface area contributed by atoms with Crippen LogP contribution in [0.3, 0.4) is 0 Å². The number of hydrogen-bond acceptors (Lipinski definition) is 3. The van der Waals surface area contributed by atoms with E-state index >= 15 is 0 Å². The summed E-state index contributed by atoms with van der Waals surface area (Å²) in [4.78, 5) is 4.39. The van der Waals surface area contributed by atoms with Crippen LogP contribution in [0.15, 0.2) is 30.6 Å². The number of aromatic nitrogens is 2.